The number of hydrogen-bond acceptors (Lipinski definition) is 6. The van der Waals surface area contributed by atoms with Crippen molar-refractivity contribution in [1.82, 2.24) is 0 Å². The van der Waals surface area contributed by atoms with E-state index in [0.29, 0.717) is 0 Å². The standard InChI is InChI=1S/C7H6N2O4.N2/c8-6-2-1-4(9(12)13)3-5(6)7(10)11;1-2/h1-3H,8H2,(H,10,11);. The second-order valence-corrected chi connectivity index (χ2v) is 2.33. The molecule has 1 aromatic carbocycles. The molecule has 0 heterocycles. The van der Waals surface area contributed by atoms with Gasteiger partial charge in [-0.15, -0.1) is 0 Å². The lowest BCUT2D eigenvalue weighted by molar-refractivity contribution is -0.384. The fourth-order valence-electron chi connectivity index (χ4n) is 0.843. The monoisotopic (exact) mass is 210 g/mol. The number of non-ortho nitro benzene ring substituents is 1. The van der Waals surface area contributed by atoms with Crippen LogP contribution in [0.5, 0.6) is 0 Å². The Morgan fingerprint density at radius 1 is 1.47 bits per heavy atom. The SMILES string of the molecule is N#N.Nc1ccc([N+](=O)[O-])cc1C(=O)O. The molecule has 0 aliphatic carbocycles. The predicted octanol–water partition coefficient (Wildman–Crippen LogP) is 0.905. The smallest absolute Gasteiger partial charge is 0.338 e. The number of nitrogens with zero attached hydrogens (tertiary/aromatic N) is 3. The van der Waals surface area contributed by atoms with Crippen molar-refractivity contribution in [2.24, 2.45) is 0 Å². The maximum absolute atomic E-state index is 10.5. The first-order chi connectivity index (χ1) is 7.02. The first kappa shape index (κ1) is 12.3. The Morgan fingerprint density at radius 2 is 2.00 bits per heavy atom. The summed E-state index contributed by atoms with van der Waals surface area (Å²) >= 11 is 0. The topological polar surface area (TPSA) is 154 Å². The lowest BCUT2D eigenvalue weighted by atomic mass is 10.1. The van der Waals surface area contributed by atoms with Crippen LogP contribution in [0.3, 0.4) is 0 Å². The Morgan fingerprint density at radius 3 is 2.40 bits per heavy atom. The van der Waals surface area contributed by atoms with Gasteiger partial charge in [0, 0.05) is 28.6 Å². The molecule has 0 saturated heterocycles. The van der Waals surface area contributed by atoms with Gasteiger partial charge >= 0.3 is 5.97 Å². The molecule has 0 atom stereocenters. The Balaban J connectivity index is 0.000000921. The van der Waals surface area contributed by atoms with E-state index in [0.717, 1.165) is 12.1 Å². The quantitative estimate of drug-likeness (QED) is 0.318. The summed E-state index contributed by atoms with van der Waals surface area (Å²) in [5, 5.41) is 30.8. The molecule has 0 aliphatic heterocycles. The first-order valence-corrected chi connectivity index (χ1v) is 3.49. The number of aromatic carboxylic acids is 1. The zero-order valence-corrected chi connectivity index (χ0v) is 7.32. The second kappa shape index (κ2) is 5.13. The number of carboxylic acids is 1. The number of anilines is 1. The van der Waals surface area contributed by atoms with E-state index in [2.05, 4.69) is 0 Å². The van der Waals surface area contributed by atoms with Gasteiger partial charge in [-0.3, -0.25) is 10.1 Å². The minimum absolute atomic E-state index is 0.0121. The third-order valence-corrected chi connectivity index (χ3v) is 1.48. The number of carbonyl (C=O) groups is 1. The number of benzene rings is 1. The molecule has 0 radical (unpaired) electrons. The van der Waals surface area contributed by atoms with Crippen LogP contribution in [0.15, 0.2) is 18.2 Å². The predicted molar refractivity (Wildman–Crippen MR) is 47.9 cm³/mol. The molecule has 78 valence electrons. The van der Waals surface area contributed by atoms with E-state index in [9.17, 15) is 14.9 Å². The average molecular weight is 210 g/mol. The van der Waals surface area contributed by atoms with Crippen LogP contribution in [0, 0.1) is 20.9 Å². The van der Waals surface area contributed by atoms with Gasteiger partial charge in [-0.2, -0.15) is 0 Å². The van der Waals surface area contributed by atoms with Crippen LogP contribution in [0.1, 0.15) is 10.4 Å². The van der Waals surface area contributed by atoms with Gasteiger partial charge < -0.3 is 10.8 Å². The Labute approximate surface area is 83.5 Å². The van der Waals surface area contributed by atoms with Crippen molar-refractivity contribution in [1.29, 1.82) is 10.8 Å². The molecule has 0 fully saturated rings. The van der Waals surface area contributed by atoms with E-state index in [1.165, 1.54) is 6.07 Å². The van der Waals surface area contributed by atoms with Crippen molar-refractivity contribution >= 4 is 17.3 Å². The number of nitrogens with two attached hydrogens (primary N) is 1. The highest BCUT2D eigenvalue weighted by Crippen LogP contribution is 2.19. The second-order valence-electron chi connectivity index (χ2n) is 2.33. The van der Waals surface area contributed by atoms with E-state index in [1.54, 1.807) is 0 Å². The Kier molecular flexibility index (Phi) is 4.21. The largest absolute Gasteiger partial charge is 0.478 e. The molecule has 1 rings (SSSR count). The lowest BCUT2D eigenvalue weighted by Gasteiger charge is -1.98. The third-order valence-electron chi connectivity index (χ3n) is 1.48. The summed E-state index contributed by atoms with van der Waals surface area (Å²) in [6.45, 7) is 0. The van der Waals surface area contributed by atoms with Crippen LogP contribution in [-0.4, -0.2) is 16.0 Å². The zero-order valence-electron chi connectivity index (χ0n) is 7.32. The summed E-state index contributed by atoms with van der Waals surface area (Å²) in [4.78, 5) is 20.1. The third kappa shape index (κ3) is 2.92. The van der Waals surface area contributed by atoms with Crippen LogP contribution >= 0.6 is 0 Å². The molecule has 8 nitrogen and oxygen atoms in total. The fourth-order valence-corrected chi connectivity index (χ4v) is 0.843. The maximum atomic E-state index is 10.5. The van der Waals surface area contributed by atoms with E-state index >= 15 is 0 Å². The molecule has 3 N–H and O–H groups in total. The number of nitro benzene ring substituents is 1. The van der Waals surface area contributed by atoms with Crippen LogP contribution in [0.2, 0.25) is 0 Å². The van der Waals surface area contributed by atoms with Gasteiger partial charge in [-0.1, -0.05) is 0 Å². The summed E-state index contributed by atoms with van der Waals surface area (Å²) in [6.07, 6.45) is 0. The minimum atomic E-state index is -1.28. The Hall–Kier alpha value is -2.69. The van der Waals surface area contributed by atoms with Crippen molar-refractivity contribution in [3.05, 3.63) is 33.9 Å². The van der Waals surface area contributed by atoms with Gasteiger partial charge in [-0.25, -0.2) is 4.79 Å². The highest BCUT2D eigenvalue weighted by molar-refractivity contribution is 5.94. The molecule has 0 amide bonds. The van der Waals surface area contributed by atoms with Crippen molar-refractivity contribution in [2.75, 3.05) is 5.73 Å². The Bertz CT molecular complexity index is 415. The molecular formula is C7H6N4O4. The van der Waals surface area contributed by atoms with Crippen molar-refractivity contribution < 1.29 is 14.8 Å². The molecule has 0 saturated carbocycles. The highest BCUT2D eigenvalue weighted by Gasteiger charge is 2.13. The highest BCUT2D eigenvalue weighted by atomic mass is 16.6. The van der Waals surface area contributed by atoms with Crippen LogP contribution in [0.4, 0.5) is 11.4 Å². The van der Waals surface area contributed by atoms with E-state index < -0.39 is 10.9 Å². The minimum Gasteiger partial charge on any atom is -0.478 e. The van der Waals surface area contributed by atoms with Crippen molar-refractivity contribution in [3.8, 4) is 0 Å². The van der Waals surface area contributed by atoms with Gasteiger partial charge in [0.25, 0.3) is 5.69 Å². The molecule has 0 bridgehead atoms. The fraction of sp³-hybridized carbons (Fsp3) is 0. The molecule has 1 aromatic rings. The summed E-state index contributed by atoms with van der Waals surface area (Å²) in [7, 11) is 0. The van der Waals surface area contributed by atoms with Gasteiger partial charge in [0.2, 0.25) is 0 Å². The number of rotatable bonds is 2. The number of carboxylic acid groups (broad SMARTS) is 1. The van der Waals surface area contributed by atoms with Crippen molar-refractivity contribution in [3.63, 3.8) is 0 Å². The molecule has 0 spiro atoms. The van der Waals surface area contributed by atoms with E-state index in [-0.39, 0.29) is 16.9 Å². The molecule has 0 aliphatic rings. The first-order valence-electron chi connectivity index (χ1n) is 3.49. The summed E-state index contributed by atoms with van der Waals surface area (Å²) in [5.41, 5.74) is 4.76. The summed E-state index contributed by atoms with van der Waals surface area (Å²) in [5.74, 6) is -1.28. The summed E-state index contributed by atoms with van der Waals surface area (Å²) in [6, 6.07) is 3.28. The van der Waals surface area contributed by atoms with Crippen LogP contribution < -0.4 is 5.73 Å². The lowest BCUT2D eigenvalue weighted by Crippen LogP contribution is -2.03. The van der Waals surface area contributed by atoms with E-state index in [4.69, 9.17) is 21.6 Å². The molecule has 8 heteroatoms. The molecule has 0 aromatic heterocycles. The van der Waals surface area contributed by atoms with Gasteiger partial charge in [0.05, 0.1) is 10.5 Å². The van der Waals surface area contributed by atoms with E-state index in [1.807, 2.05) is 0 Å². The summed E-state index contributed by atoms with van der Waals surface area (Å²) < 4.78 is 0. The van der Waals surface area contributed by atoms with Gasteiger partial charge in [-0.05, 0) is 6.07 Å². The number of nitro groups is 1. The van der Waals surface area contributed by atoms with Crippen LogP contribution in [-0.2, 0) is 0 Å². The van der Waals surface area contributed by atoms with Gasteiger partial charge in [0.15, 0.2) is 0 Å². The van der Waals surface area contributed by atoms with Gasteiger partial charge in [0.1, 0.15) is 0 Å². The zero-order chi connectivity index (χ0) is 12.0. The normalized spacial score (nSPS) is 8.40. The number of hydrogen-bond donors (Lipinski definition) is 2. The number of nitrogen functional groups attached to an aromatic ring is 1. The maximum Gasteiger partial charge on any atom is 0.338 e. The molecule has 15 heavy (non-hydrogen) atoms. The molecule has 0 unspecified atom stereocenters. The van der Waals surface area contributed by atoms with Crippen molar-refractivity contribution in [2.45, 2.75) is 0 Å². The van der Waals surface area contributed by atoms with Crippen LogP contribution in [0.25, 0.3) is 0 Å². The average Bonchev–Trinajstić information content (AvgIpc) is 2.20. The molecular weight excluding hydrogens is 204 g/mol.